The molecule has 0 atom stereocenters. The number of hydrogen-bond donors (Lipinski definition) is 2. The Morgan fingerprint density at radius 2 is 1.90 bits per heavy atom. The fraction of sp³-hybridized carbons (Fsp3) is 0.304. The van der Waals surface area contributed by atoms with Gasteiger partial charge in [-0.25, -0.2) is 4.39 Å². The van der Waals surface area contributed by atoms with Crippen LogP contribution in [-0.2, 0) is 6.54 Å². The van der Waals surface area contributed by atoms with E-state index in [-0.39, 0.29) is 17.9 Å². The first-order valence-electron chi connectivity index (χ1n) is 10.0. The molecule has 156 valence electrons. The second-order valence-electron chi connectivity index (χ2n) is 7.42. The molecule has 0 aliphatic carbocycles. The third kappa shape index (κ3) is 4.07. The maximum Gasteiger partial charge on any atom is 0.256 e. The lowest BCUT2D eigenvalue weighted by Gasteiger charge is -2.34. The quantitative estimate of drug-likeness (QED) is 0.644. The Morgan fingerprint density at radius 3 is 2.60 bits per heavy atom. The molecule has 0 bridgehead atoms. The highest BCUT2D eigenvalue weighted by Crippen LogP contribution is 2.28. The van der Waals surface area contributed by atoms with E-state index in [2.05, 4.69) is 10.3 Å². The largest absolute Gasteiger partial charge is 0.360 e. The number of thioether (sulfide) groups is 1. The minimum atomic E-state index is -0.397. The Hall–Kier alpha value is -2.80. The van der Waals surface area contributed by atoms with Crippen molar-refractivity contribution in [2.24, 2.45) is 0 Å². The van der Waals surface area contributed by atoms with Crippen LogP contribution in [0.1, 0.15) is 39.1 Å². The third-order valence-corrected chi connectivity index (χ3v) is 6.62. The van der Waals surface area contributed by atoms with Crippen LogP contribution in [0.4, 0.5) is 4.39 Å². The highest BCUT2D eigenvalue weighted by molar-refractivity contribution is 7.99. The highest BCUT2D eigenvalue weighted by atomic mass is 32.2. The van der Waals surface area contributed by atoms with E-state index in [1.54, 1.807) is 37.5 Å². The summed E-state index contributed by atoms with van der Waals surface area (Å²) in [7, 11) is 1.60. The number of rotatable bonds is 5. The van der Waals surface area contributed by atoms with Gasteiger partial charge < -0.3 is 15.2 Å². The van der Waals surface area contributed by atoms with Crippen molar-refractivity contribution in [1.29, 1.82) is 0 Å². The van der Waals surface area contributed by atoms with Gasteiger partial charge in [-0.15, -0.1) is 0 Å². The SMILES string of the molecule is CNC(=O)c1ccc(CN(C(=O)c2c[nH]c3cccc(F)c23)C2CCSCC2)cc1. The van der Waals surface area contributed by atoms with Gasteiger partial charge in [0.1, 0.15) is 5.82 Å². The summed E-state index contributed by atoms with van der Waals surface area (Å²) < 4.78 is 14.5. The number of amides is 2. The van der Waals surface area contributed by atoms with Crippen molar-refractivity contribution >= 4 is 34.5 Å². The predicted octanol–water partition coefficient (Wildman–Crippen LogP) is 4.20. The number of aromatic amines is 1. The summed E-state index contributed by atoms with van der Waals surface area (Å²) in [6, 6.07) is 12.2. The molecule has 7 heteroatoms. The topological polar surface area (TPSA) is 65.2 Å². The van der Waals surface area contributed by atoms with E-state index in [0.29, 0.717) is 28.6 Å². The van der Waals surface area contributed by atoms with Crippen LogP contribution in [0.2, 0.25) is 0 Å². The molecule has 3 aromatic rings. The second kappa shape index (κ2) is 8.92. The van der Waals surface area contributed by atoms with Crippen molar-refractivity contribution in [2.75, 3.05) is 18.6 Å². The van der Waals surface area contributed by atoms with Crippen LogP contribution in [0.15, 0.2) is 48.7 Å². The van der Waals surface area contributed by atoms with Crippen molar-refractivity contribution in [3.05, 3.63) is 71.2 Å². The zero-order valence-electron chi connectivity index (χ0n) is 16.8. The van der Waals surface area contributed by atoms with Crippen molar-refractivity contribution in [2.45, 2.75) is 25.4 Å². The van der Waals surface area contributed by atoms with Crippen LogP contribution in [0.3, 0.4) is 0 Å². The number of carbonyl (C=O) groups is 2. The number of halogens is 1. The molecule has 0 unspecified atom stereocenters. The highest BCUT2D eigenvalue weighted by Gasteiger charge is 2.29. The smallest absolute Gasteiger partial charge is 0.256 e. The molecule has 1 aliphatic heterocycles. The molecular formula is C23H24FN3O2S. The van der Waals surface area contributed by atoms with Crippen LogP contribution in [-0.4, -0.2) is 46.3 Å². The summed E-state index contributed by atoms with van der Waals surface area (Å²) in [5, 5.41) is 2.95. The average molecular weight is 426 g/mol. The Kier molecular flexibility index (Phi) is 6.08. The van der Waals surface area contributed by atoms with E-state index in [9.17, 15) is 14.0 Å². The molecule has 1 saturated heterocycles. The van der Waals surface area contributed by atoms with E-state index >= 15 is 0 Å². The number of benzene rings is 2. The standard InChI is InChI=1S/C23H24FN3O2S/c1-25-22(28)16-7-5-15(6-8-16)14-27(17-9-11-30-12-10-17)23(29)18-13-26-20-4-2-3-19(24)21(18)20/h2-8,13,17,26H,9-12,14H2,1H3,(H,25,28). The number of H-pyrrole nitrogens is 1. The molecule has 5 nitrogen and oxygen atoms in total. The van der Waals surface area contributed by atoms with E-state index < -0.39 is 5.82 Å². The Morgan fingerprint density at radius 1 is 1.17 bits per heavy atom. The molecule has 0 saturated carbocycles. The van der Waals surface area contributed by atoms with Gasteiger partial charge in [0.15, 0.2) is 0 Å². The lowest BCUT2D eigenvalue weighted by Crippen LogP contribution is -2.41. The van der Waals surface area contributed by atoms with E-state index in [1.807, 2.05) is 28.8 Å². The van der Waals surface area contributed by atoms with Crippen molar-refractivity contribution in [3.8, 4) is 0 Å². The van der Waals surface area contributed by atoms with E-state index in [4.69, 9.17) is 0 Å². The van der Waals surface area contributed by atoms with Gasteiger partial charge in [0, 0.05) is 42.3 Å². The number of aromatic nitrogens is 1. The molecule has 2 aromatic carbocycles. The maximum atomic E-state index is 14.5. The molecule has 30 heavy (non-hydrogen) atoms. The zero-order valence-corrected chi connectivity index (χ0v) is 17.6. The van der Waals surface area contributed by atoms with Gasteiger partial charge in [-0.05, 0) is 54.2 Å². The average Bonchev–Trinajstić information content (AvgIpc) is 3.23. The minimum Gasteiger partial charge on any atom is -0.360 e. The second-order valence-corrected chi connectivity index (χ2v) is 8.64. The van der Waals surface area contributed by atoms with Gasteiger partial charge in [0.2, 0.25) is 0 Å². The lowest BCUT2D eigenvalue weighted by molar-refractivity contribution is 0.0651. The monoisotopic (exact) mass is 425 g/mol. The van der Waals surface area contributed by atoms with Gasteiger partial charge in [0.05, 0.1) is 5.56 Å². The molecule has 1 aromatic heterocycles. The first kappa shape index (κ1) is 20.5. The minimum absolute atomic E-state index is 0.106. The summed E-state index contributed by atoms with van der Waals surface area (Å²) in [6.45, 7) is 0.420. The number of nitrogens with one attached hydrogen (secondary N) is 2. The van der Waals surface area contributed by atoms with Crippen molar-refractivity contribution in [3.63, 3.8) is 0 Å². The summed E-state index contributed by atoms with van der Waals surface area (Å²) >= 11 is 1.90. The van der Waals surface area contributed by atoms with Crippen LogP contribution >= 0.6 is 11.8 Å². The zero-order chi connectivity index (χ0) is 21.1. The number of nitrogens with zero attached hydrogens (tertiary/aromatic N) is 1. The summed E-state index contributed by atoms with van der Waals surface area (Å²) in [6.07, 6.45) is 3.43. The first-order chi connectivity index (χ1) is 14.6. The predicted molar refractivity (Wildman–Crippen MR) is 118 cm³/mol. The Balaban J connectivity index is 1.65. The fourth-order valence-electron chi connectivity index (χ4n) is 3.93. The van der Waals surface area contributed by atoms with Crippen LogP contribution in [0.25, 0.3) is 10.9 Å². The molecular weight excluding hydrogens is 401 g/mol. The van der Waals surface area contributed by atoms with Crippen molar-refractivity contribution < 1.29 is 14.0 Å². The van der Waals surface area contributed by atoms with E-state index in [0.717, 1.165) is 29.9 Å². The van der Waals surface area contributed by atoms with Crippen LogP contribution in [0.5, 0.6) is 0 Å². The van der Waals surface area contributed by atoms with Gasteiger partial charge in [-0.2, -0.15) is 11.8 Å². The first-order valence-corrected chi connectivity index (χ1v) is 11.2. The van der Waals surface area contributed by atoms with Crippen LogP contribution < -0.4 is 5.32 Å². The molecule has 1 aliphatic rings. The molecule has 0 spiro atoms. The Bertz CT molecular complexity index is 1060. The molecule has 2 N–H and O–H groups in total. The molecule has 1 fully saturated rings. The summed E-state index contributed by atoms with van der Waals surface area (Å²) in [5.41, 5.74) is 2.50. The third-order valence-electron chi connectivity index (χ3n) is 5.57. The van der Waals surface area contributed by atoms with Crippen LogP contribution in [0, 0.1) is 5.82 Å². The van der Waals surface area contributed by atoms with E-state index in [1.165, 1.54) is 6.07 Å². The number of carbonyl (C=O) groups excluding carboxylic acids is 2. The fourth-order valence-corrected chi connectivity index (χ4v) is 5.01. The molecule has 0 radical (unpaired) electrons. The summed E-state index contributed by atoms with van der Waals surface area (Å²) in [5.74, 6) is 1.30. The van der Waals surface area contributed by atoms with Crippen molar-refractivity contribution in [1.82, 2.24) is 15.2 Å². The molecule has 2 amide bonds. The number of fused-ring (bicyclic) bond motifs is 1. The Labute approximate surface area is 179 Å². The van der Waals surface area contributed by atoms with Gasteiger partial charge in [0.25, 0.3) is 11.8 Å². The van der Waals surface area contributed by atoms with Gasteiger partial charge in [-0.3, -0.25) is 9.59 Å². The lowest BCUT2D eigenvalue weighted by atomic mass is 10.0. The van der Waals surface area contributed by atoms with Gasteiger partial charge in [-0.1, -0.05) is 18.2 Å². The normalized spacial score (nSPS) is 14.6. The van der Waals surface area contributed by atoms with Gasteiger partial charge >= 0.3 is 0 Å². The maximum absolute atomic E-state index is 14.5. The summed E-state index contributed by atoms with van der Waals surface area (Å²) in [4.78, 5) is 30.2. The molecule has 2 heterocycles. The number of hydrogen-bond acceptors (Lipinski definition) is 3. The molecule has 4 rings (SSSR count).